The van der Waals surface area contributed by atoms with Gasteiger partial charge in [-0.05, 0) is 32.9 Å². The number of hydrogen-bond acceptors (Lipinski definition) is 2. The second-order valence-corrected chi connectivity index (χ2v) is 4.79. The standard InChI is InChI=1S/C11H19ClN2O/c1-8(12)11(15)13-9(2)10-4-6-14(3)7-5-10/h4,8-9H,5-7H2,1-3H3,(H,13,15). The molecule has 0 spiro atoms. The lowest BCUT2D eigenvalue weighted by molar-refractivity contribution is -0.120. The number of hydrogen-bond donors (Lipinski definition) is 1. The van der Waals surface area contributed by atoms with Gasteiger partial charge in [0, 0.05) is 19.1 Å². The number of nitrogens with zero attached hydrogens (tertiary/aromatic N) is 1. The van der Waals surface area contributed by atoms with Gasteiger partial charge in [0.1, 0.15) is 5.38 Å². The van der Waals surface area contributed by atoms with Crippen molar-refractivity contribution in [2.75, 3.05) is 20.1 Å². The van der Waals surface area contributed by atoms with Crippen molar-refractivity contribution in [3.63, 3.8) is 0 Å². The number of carbonyl (C=O) groups excluding carboxylic acids is 1. The van der Waals surface area contributed by atoms with Crippen molar-refractivity contribution in [2.45, 2.75) is 31.7 Å². The molecule has 0 saturated carbocycles. The molecule has 2 unspecified atom stereocenters. The van der Waals surface area contributed by atoms with Crippen LogP contribution in [0.1, 0.15) is 20.3 Å². The van der Waals surface area contributed by atoms with Gasteiger partial charge in [-0.2, -0.15) is 0 Å². The van der Waals surface area contributed by atoms with Crippen LogP contribution >= 0.6 is 11.6 Å². The molecule has 1 rings (SSSR count). The van der Waals surface area contributed by atoms with Gasteiger partial charge in [-0.25, -0.2) is 0 Å². The van der Waals surface area contributed by atoms with Crippen molar-refractivity contribution in [1.29, 1.82) is 0 Å². The Kier molecular flexibility index (Phi) is 4.61. The number of halogens is 1. The first kappa shape index (κ1) is 12.5. The summed E-state index contributed by atoms with van der Waals surface area (Å²) in [6, 6.07) is 0.104. The summed E-state index contributed by atoms with van der Waals surface area (Å²) in [4.78, 5) is 13.6. The van der Waals surface area contributed by atoms with E-state index >= 15 is 0 Å². The summed E-state index contributed by atoms with van der Waals surface area (Å²) in [5.41, 5.74) is 1.30. The zero-order chi connectivity index (χ0) is 11.4. The first-order valence-corrected chi connectivity index (χ1v) is 5.76. The molecule has 4 heteroatoms. The van der Waals surface area contributed by atoms with Gasteiger partial charge < -0.3 is 10.2 Å². The molecule has 0 bridgehead atoms. The van der Waals surface area contributed by atoms with E-state index < -0.39 is 5.38 Å². The van der Waals surface area contributed by atoms with Crippen LogP contribution < -0.4 is 5.32 Å². The predicted molar refractivity (Wildman–Crippen MR) is 63.1 cm³/mol. The Balaban J connectivity index is 2.47. The van der Waals surface area contributed by atoms with E-state index in [0.717, 1.165) is 19.5 Å². The van der Waals surface area contributed by atoms with Gasteiger partial charge in [0.15, 0.2) is 0 Å². The molecule has 0 saturated heterocycles. The first-order valence-electron chi connectivity index (χ1n) is 5.32. The number of rotatable bonds is 3. The van der Waals surface area contributed by atoms with Gasteiger partial charge in [0.2, 0.25) is 5.91 Å². The van der Waals surface area contributed by atoms with Crippen molar-refractivity contribution in [2.24, 2.45) is 0 Å². The van der Waals surface area contributed by atoms with E-state index in [4.69, 9.17) is 11.6 Å². The minimum Gasteiger partial charge on any atom is -0.349 e. The van der Waals surface area contributed by atoms with Crippen molar-refractivity contribution >= 4 is 17.5 Å². The molecular formula is C11H19ClN2O. The smallest absolute Gasteiger partial charge is 0.238 e. The molecule has 3 nitrogen and oxygen atoms in total. The van der Waals surface area contributed by atoms with E-state index in [1.165, 1.54) is 5.57 Å². The zero-order valence-electron chi connectivity index (χ0n) is 9.59. The average molecular weight is 231 g/mol. The Morgan fingerprint density at radius 1 is 1.60 bits per heavy atom. The van der Waals surface area contributed by atoms with Crippen LogP contribution in [0.15, 0.2) is 11.6 Å². The largest absolute Gasteiger partial charge is 0.349 e. The average Bonchev–Trinajstić information content (AvgIpc) is 2.18. The summed E-state index contributed by atoms with van der Waals surface area (Å²) in [5, 5.41) is 2.45. The highest BCUT2D eigenvalue weighted by Crippen LogP contribution is 2.13. The van der Waals surface area contributed by atoms with Crippen LogP contribution in [0.5, 0.6) is 0 Å². The summed E-state index contributed by atoms with van der Waals surface area (Å²) in [6.45, 7) is 5.72. The van der Waals surface area contributed by atoms with Gasteiger partial charge in [-0.3, -0.25) is 4.79 Å². The van der Waals surface area contributed by atoms with Gasteiger partial charge in [-0.1, -0.05) is 6.08 Å². The van der Waals surface area contributed by atoms with E-state index in [0.29, 0.717) is 0 Å². The maximum Gasteiger partial charge on any atom is 0.238 e. The van der Waals surface area contributed by atoms with Crippen LogP contribution in [-0.2, 0) is 4.79 Å². The molecule has 1 heterocycles. The molecule has 2 atom stereocenters. The fraction of sp³-hybridized carbons (Fsp3) is 0.727. The number of likely N-dealkylation sites (N-methyl/N-ethyl adjacent to an activating group) is 1. The fourth-order valence-electron chi connectivity index (χ4n) is 1.60. The van der Waals surface area contributed by atoms with E-state index in [2.05, 4.69) is 23.3 Å². The molecule has 0 aromatic rings. The molecule has 86 valence electrons. The highest BCUT2D eigenvalue weighted by atomic mass is 35.5. The van der Waals surface area contributed by atoms with Crippen molar-refractivity contribution in [3.8, 4) is 0 Å². The SMILES string of the molecule is CC(Cl)C(=O)NC(C)C1=CCN(C)CC1. The highest BCUT2D eigenvalue weighted by molar-refractivity contribution is 6.30. The van der Waals surface area contributed by atoms with Gasteiger partial charge >= 0.3 is 0 Å². The molecule has 1 N–H and O–H groups in total. The lowest BCUT2D eigenvalue weighted by Crippen LogP contribution is -2.40. The minimum atomic E-state index is -0.459. The van der Waals surface area contributed by atoms with Crippen LogP contribution in [0.25, 0.3) is 0 Å². The van der Waals surface area contributed by atoms with Gasteiger partial charge in [0.25, 0.3) is 0 Å². The lowest BCUT2D eigenvalue weighted by atomic mass is 10.0. The predicted octanol–water partition coefficient (Wildman–Crippen LogP) is 1.38. The summed E-state index contributed by atoms with van der Waals surface area (Å²) in [7, 11) is 2.09. The summed E-state index contributed by atoms with van der Waals surface area (Å²) < 4.78 is 0. The van der Waals surface area contributed by atoms with Crippen LogP contribution in [0.3, 0.4) is 0 Å². The first-order chi connectivity index (χ1) is 7.00. The topological polar surface area (TPSA) is 32.3 Å². The fourth-order valence-corrected chi connectivity index (χ4v) is 1.66. The molecule has 0 fully saturated rings. The number of carbonyl (C=O) groups is 1. The zero-order valence-corrected chi connectivity index (χ0v) is 10.3. The van der Waals surface area contributed by atoms with Crippen LogP contribution in [0.4, 0.5) is 0 Å². The monoisotopic (exact) mass is 230 g/mol. The van der Waals surface area contributed by atoms with Crippen LogP contribution in [0, 0.1) is 0 Å². The maximum absolute atomic E-state index is 11.4. The van der Waals surface area contributed by atoms with Crippen molar-refractivity contribution in [3.05, 3.63) is 11.6 Å². The van der Waals surface area contributed by atoms with Crippen molar-refractivity contribution in [1.82, 2.24) is 10.2 Å². The van der Waals surface area contributed by atoms with Gasteiger partial charge in [0.05, 0.1) is 0 Å². The molecule has 1 aliphatic heterocycles. The van der Waals surface area contributed by atoms with E-state index in [9.17, 15) is 4.79 Å². The molecule has 0 aromatic carbocycles. The molecule has 15 heavy (non-hydrogen) atoms. The third-order valence-electron chi connectivity index (χ3n) is 2.72. The maximum atomic E-state index is 11.4. The van der Waals surface area contributed by atoms with E-state index in [1.807, 2.05) is 6.92 Å². The second kappa shape index (κ2) is 5.52. The van der Waals surface area contributed by atoms with Crippen LogP contribution in [0.2, 0.25) is 0 Å². The summed E-state index contributed by atoms with van der Waals surface area (Å²) in [6.07, 6.45) is 3.21. The van der Waals surface area contributed by atoms with Gasteiger partial charge in [-0.15, -0.1) is 11.6 Å². The van der Waals surface area contributed by atoms with E-state index in [1.54, 1.807) is 6.92 Å². The van der Waals surface area contributed by atoms with Crippen molar-refractivity contribution < 1.29 is 4.79 Å². The number of nitrogens with one attached hydrogen (secondary N) is 1. The quantitative estimate of drug-likeness (QED) is 0.587. The summed E-state index contributed by atoms with van der Waals surface area (Å²) in [5.74, 6) is -0.0935. The lowest BCUT2D eigenvalue weighted by Gasteiger charge is -2.26. The Morgan fingerprint density at radius 3 is 2.73 bits per heavy atom. The third-order valence-corrected chi connectivity index (χ3v) is 2.92. The summed E-state index contributed by atoms with van der Waals surface area (Å²) >= 11 is 5.69. The Morgan fingerprint density at radius 2 is 2.27 bits per heavy atom. The second-order valence-electron chi connectivity index (χ2n) is 4.14. The molecule has 0 radical (unpaired) electrons. The van der Waals surface area contributed by atoms with Crippen LogP contribution in [-0.4, -0.2) is 42.4 Å². The number of alkyl halides is 1. The highest BCUT2D eigenvalue weighted by Gasteiger charge is 2.17. The molecule has 1 amide bonds. The minimum absolute atomic E-state index is 0.0935. The molecule has 1 aliphatic rings. The molecular weight excluding hydrogens is 212 g/mol. The third kappa shape index (κ3) is 3.84. The normalized spacial score (nSPS) is 21.7. The molecule has 0 aromatic heterocycles. The Labute approximate surface area is 96.5 Å². The molecule has 0 aliphatic carbocycles. The Hall–Kier alpha value is -0.540. The Bertz CT molecular complexity index is 263. The number of amides is 1. The van der Waals surface area contributed by atoms with E-state index in [-0.39, 0.29) is 11.9 Å².